The Kier molecular flexibility index (Phi) is 5.31. The predicted octanol–water partition coefficient (Wildman–Crippen LogP) is 5.59. The molecule has 1 amide bonds. The van der Waals surface area contributed by atoms with Crippen LogP contribution in [0.4, 0.5) is 0 Å². The number of hydrogen-bond acceptors (Lipinski definition) is 1. The van der Waals surface area contributed by atoms with E-state index >= 15 is 0 Å². The molecule has 0 bridgehead atoms. The summed E-state index contributed by atoms with van der Waals surface area (Å²) in [5.74, 6) is -0.0909. The van der Waals surface area contributed by atoms with E-state index in [-0.39, 0.29) is 11.9 Å². The number of rotatable bonds is 3. The minimum absolute atomic E-state index is 0.0688. The summed E-state index contributed by atoms with van der Waals surface area (Å²) in [5, 5.41) is 1.21. The number of halogens is 3. The Morgan fingerprint density at radius 2 is 1.67 bits per heavy atom. The van der Waals surface area contributed by atoms with E-state index in [0.29, 0.717) is 15.6 Å². The van der Waals surface area contributed by atoms with Crippen molar-refractivity contribution in [1.29, 1.82) is 0 Å². The van der Waals surface area contributed by atoms with E-state index in [0.717, 1.165) is 10.0 Å². The van der Waals surface area contributed by atoms with Gasteiger partial charge in [0.05, 0.1) is 11.6 Å². The first-order chi connectivity index (χ1) is 9.90. The number of carbonyl (C=O) groups is 1. The molecule has 0 fully saturated rings. The Balaban J connectivity index is 2.26. The van der Waals surface area contributed by atoms with Gasteiger partial charge >= 0.3 is 0 Å². The molecule has 2 nitrogen and oxygen atoms in total. The van der Waals surface area contributed by atoms with Crippen LogP contribution in [-0.4, -0.2) is 17.9 Å². The Morgan fingerprint density at radius 3 is 2.29 bits per heavy atom. The van der Waals surface area contributed by atoms with Crippen LogP contribution in [0.2, 0.25) is 10.0 Å². The fourth-order valence-electron chi connectivity index (χ4n) is 1.99. The van der Waals surface area contributed by atoms with Crippen molar-refractivity contribution >= 4 is 45.0 Å². The third-order valence-corrected chi connectivity index (χ3v) is 4.59. The smallest absolute Gasteiger partial charge is 0.255 e. The van der Waals surface area contributed by atoms with Gasteiger partial charge in [-0.15, -0.1) is 0 Å². The maximum atomic E-state index is 12.6. The average molecular weight is 387 g/mol. The van der Waals surface area contributed by atoms with Crippen LogP contribution in [0, 0.1) is 0 Å². The van der Waals surface area contributed by atoms with Crippen LogP contribution in [0.1, 0.15) is 28.9 Å². The molecule has 0 heterocycles. The van der Waals surface area contributed by atoms with Crippen molar-refractivity contribution in [2.45, 2.75) is 13.0 Å². The van der Waals surface area contributed by atoms with Gasteiger partial charge in [0.25, 0.3) is 5.91 Å². The number of hydrogen-bond donors (Lipinski definition) is 0. The van der Waals surface area contributed by atoms with Crippen LogP contribution in [0.15, 0.2) is 46.9 Å². The highest BCUT2D eigenvalue weighted by Crippen LogP contribution is 2.26. The predicted molar refractivity (Wildman–Crippen MR) is 91.1 cm³/mol. The lowest BCUT2D eigenvalue weighted by Crippen LogP contribution is -2.29. The molecule has 0 saturated heterocycles. The van der Waals surface area contributed by atoms with Crippen molar-refractivity contribution in [3.05, 3.63) is 68.1 Å². The van der Waals surface area contributed by atoms with Crippen molar-refractivity contribution in [2.24, 2.45) is 0 Å². The molecule has 0 aliphatic carbocycles. The van der Waals surface area contributed by atoms with Crippen molar-refractivity contribution in [3.8, 4) is 0 Å². The van der Waals surface area contributed by atoms with Crippen LogP contribution < -0.4 is 0 Å². The molecule has 0 aliphatic heterocycles. The van der Waals surface area contributed by atoms with Gasteiger partial charge < -0.3 is 4.90 Å². The minimum Gasteiger partial charge on any atom is -0.335 e. The molecule has 1 unspecified atom stereocenters. The molecular formula is C16H14BrCl2NO. The van der Waals surface area contributed by atoms with Crippen LogP contribution in [-0.2, 0) is 0 Å². The monoisotopic (exact) mass is 385 g/mol. The Hall–Kier alpha value is -1.03. The normalized spacial score (nSPS) is 12.0. The first-order valence-corrected chi connectivity index (χ1v) is 7.92. The Morgan fingerprint density at radius 1 is 1.10 bits per heavy atom. The second kappa shape index (κ2) is 6.82. The van der Waals surface area contributed by atoms with Gasteiger partial charge in [-0.3, -0.25) is 4.79 Å². The van der Waals surface area contributed by atoms with Crippen LogP contribution in [0.5, 0.6) is 0 Å². The van der Waals surface area contributed by atoms with Crippen molar-refractivity contribution < 1.29 is 4.79 Å². The number of carbonyl (C=O) groups excluding carboxylic acids is 1. The SMILES string of the molecule is CC(c1ccc(Cl)cc1)N(C)C(=O)c1cc(Cl)ccc1Br. The molecule has 2 aromatic rings. The summed E-state index contributed by atoms with van der Waals surface area (Å²) in [7, 11) is 1.77. The summed E-state index contributed by atoms with van der Waals surface area (Å²) in [6, 6.07) is 12.6. The maximum Gasteiger partial charge on any atom is 0.255 e. The standard InChI is InChI=1S/C16H14BrCl2NO/c1-10(11-3-5-12(18)6-4-11)20(2)16(21)14-9-13(19)7-8-15(14)17/h3-10H,1-2H3. The molecule has 0 N–H and O–H groups in total. The largest absolute Gasteiger partial charge is 0.335 e. The van der Waals surface area contributed by atoms with Gasteiger partial charge in [0, 0.05) is 21.6 Å². The summed E-state index contributed by atoms with van der Waals surface area (Å²) in [4.78, 5) is 14.3. The molecule has 1 atom stereocenters. The van der Waals surface area contributed by atoms with Gasteiger partial charge in [0.15, 0.2) is 0 Å². The minimum atomic E-state index is -0.0909. The lowest BCUT2D eigenvalue weighted by atomic mass is 10.1. The fourth-order valence-corrected chi connectivity index (χ4v) is 2.71. The summed E-state index contributed by atoms with van der Waals surface area (Å²) in [5.41, 5.74) is 1.57. The van der Waals surface area contributed by atoms with Crippen molar-refractivity contribution in [1.82, 2.24) is 4.90 Å². The molecule has 0 aliphatic rings. The highest BCUT2D eigenvalue weighted by atomic mass is 79.9. The van der Waals surface area contributed by atoms with E-state index in [1.165, 1.54) is 0 Å². The first kappa shape index (κ1) is 16.3. The third-order valence-electron chi connectivity index (χ3n) is 3.41. The average Bonchev–Trinajstić information content (AvgIpc) is 2.48. The molecule has 0 spiro atoms. The van der Waals surface area contributed by atoms with E-state index in [1.807, 2.05) is 31.2 Å². The fraction of sp³-hybridized carbons (Fsp3) is 0.188. The van der Waals surface area contributed by atoms with E-state index in [2.05, 4.69) is 15.9 Å². The zero-order chi connectivity index (χ0) is 15.6. The molecule has 2 rings (SSSR count). The van der Waals surface area contributed by atoms with Gasteiger partial charge in [0.1, 0.15) is 0 Å². The van der Waals surface area contributed by atoms with Gasteiger partial charge in [-0.25, -0.2) is 0 Å². The summed E-state index contributed by atoms with van der Waals surface area (Å²) >= 11 is 15.3. The van der Waals surface area contributed by atoms with Gasteiger partial charge in [-0.2, -0.15) is 0 Å². The number of benzene rings is 2. The lowest BCUT2D eigenvalue weighted by molar-refractivity contribution is 0.0741. The Labute approximate surface area is 142 Å². The second-order valence-electron chi connectivity index (χ2n) is 4.77. The summed E-state index contributed by atoms with van der Waals surface area (Å²) < 4.78 is 0.729. The molecule has 0 aromatic heterocycles. The highest BCUT2D eigenvalue weighted by molar-refractivity contribution is 9.10. The molecule has 110 valence electrons. The molecular weight excluding hydrogens is 373 g/mol. The van der Waals surface area contributed by atoms with E-state index in [4.69, 9.17) is 23.2 Å². The molecule has 21 heavy (non-hydrogen) atoms. The second-order valence-corrected chi connectivity index (χ2v) is 6.49. The van der Waals surface area contributed by atoms with Crippen molar-refractivity contribution in [2.75, 3.05) is 7.05 Å². The first-order valence-electron chi connectivity index (χ1n) is 6.38. The number of amides is 1. The molecule has 0 radical (unpaired) electrons. The van der Waals surface area contributed by atoms with Gasteiger partial charge in [0.2, 0.25) is 0 Å². The van der Waals surface area contributed by atoms with Crippen LogP contribution in [0.25, 0.3) is 0 Å². The maximum absolute atomic E-state index is 12.6. The molecule has 0 saturated carbocycles. The molecule has 5 heteroatoms. The third kappa shape index (κ3) is 3.79. The van der Waals surface area contributed by atoms with Crippen LogP contribution in [0.3, 0.4) is 0 Å². The zero-order valence-electron chi connectivity index (χ0n) is 11.6. The molecule has 2 aromatic carbocycles. The van der Waals surface area contributed by atoms with E-state index in [1.54, 1.807) is 30.1 Å². The van der Waals surface area contributed by atoms with Crippen molar-refractivity contribution in [3.63, 3.8) is 0 Å². The van der Waals surface area contributed by atoms with E-state index in [9.17, 15) is 4.79 Å². The summed E-state index contributed by atoms with van der Waals surface area (Å²) in [6.45, 7) is 1.97. The quantitative estimate of drug-likeness (QED) is 0.673. The topological polar surface area (TPSA) is 20.3 Å². The van der Waals surface area contributed by atoms with Crippen LogP contribution >= 0.6 is 39.1 Å². The summed E-state index contributed by atoms with van der Waals surface area (Å²) in [6.07, 6.45) is 0. The van der Waals surface area contributed by atoms with E-state index < -0.39 is 0 Å². The highest BCUT2D eigenvalue weighted by Gasteiger charge is 2.21. The zero-order valence-corrected chi connectivity index (χ0v) is 14.7. The van der Waals surface area contributed by atoms with Gasteiger partial charge in [-0.1, -0.05) is 35.3 Å². The van der Waals surface area contributed by atoms with Gasteiger partial charge in [-0.05, 0) is 58.7 Å². The number of nitrogens with zero attached hydrogens (tertiary/aromatic N) is 1. The lowest BCUT2D eigenvalue weighted by Gasteiger charge is -2.26. The Bertz CT molecular complexity index is 658.